The van der Waals surface area contributed by atoms with E-state index in [9.17, 15) is 9.18 Å². The number of rotatable bonds is 2. The Morgan fingerprint density at radius 1 is 1.50 bits per heavy atom. The van der Waals surface area contributed by atoms with Gasteiger partial charge in [-0.3, -0.25) is 4.79 Å². The van der Waals surface area contributed by atoms with Crippen LogP contribution < -0.4 is 5.73 Å². The van der Waals surface area contributed by atoms with Gasteiger partial charge in [-0.2, -0.15) is 0 Å². The van der Waals surface area contributed by atoms with Crippen molar-refractivity contribution in [3.05, 3.63) is 28.9 Å². The maximum Gasteiger partial charge on any atom is 0.266 e. The first kappa shape index (κ1) is 11.5. The van der Waals surface area contributed by atoms with Crippen LogP contribution in [0.2, 0.25) is 0 Å². The minimum Gasteiger partial charge on any atom is -0.397 e. The number of nitrogens with two attached hydrogens (primary N) is 1. The number of thiophene rings is 1. The lowest BCUT2D eigenvalue weighted by molar-refractivity contribution is 0.0791. The van der Waals surface area contributed by atoms with Gasteiger partial charge in [0.05, 0.1) is 5.69 Å². The number of hydrogen-bond donors (Lipinski definition) is 1. The molecule has 0 unspecified atom stereocenters. The summed E-state index contributed by atoms with van der Waals surface area (Å²) >= 11 is 1.33. The van der Waals surface area contributed by atoms with Gasteiger partial charge in [-0.05, 0) is 31.0 Å². The van der Waals surface area contributed by atoms with E-state index in [1.807, 2.05) is 0 Å². The predicted octanol–water partition coefficient (Wildman–Crippen LogP) is 2.86. The summed E-state index contributed by atoms with van der Waals surface area (Å²) < 4.78 is 14.0. The van der Waals surface area contributed by atoms with E-state index in [2.05, 4.69) is 0 Å². The van der Waals surface area contributed by atoms with E-state index in [1.165, 1.54) is 23.5 Å². The zero-order valence-corrected chi connectivity index (χ0v) is 10.8. The molecular weight excluding hydrogens is 251 g/mol. The number of benzene rings is 1. The fraction of sp³-hybridized carbons (Fsp3) is 0.308. The monoisotopic (exact) mass is 264 g/mol. The van der Waals surface area contributed by atoms with Gasteiger partial charge < -0.3 is 10.6 Å². The van der Waals surface area contributed by atoms with E-state index < -0.39 is 0 Å². The van der Waals surface area contributed by atoms with Gasteiger partial charge in [-0.1, -0.05) is 0 Å². The highest BCUT2D eigenvalue weighted by Crippen LogP contribution is 2.36. The smallest absolute Gasteiger partial charge is 0.266 e. The minimum absolute atomic E-state index is 0.0587. The first-order chi connectivity index (χ1) is 8.58. The number of amides is 1. The Morgan fingerprint density at radius 2 is 2.22 bits per heavy atom. The highest BCUT2D eigenvalue weighted by molar-refractivity contribution is 7.21. The van der Waals surface area contributed by atoms with Crippen molar-refractivity contribution in [3.63, 3.8) is 0 Å². The maximum atomic E-state index is 13.2. The normalized spacial score (nSPS) is 15.0. The van der Waals surface area contributed by atoms with Crippen molar-refractivity contribution >= 4 is 33.0 Å². The zero-order valence-electron chi connectivity index (χ0n) is 9.94. The molecule has 3 nitrogen and oxygen atoms in total. The third-order valence-corrected chi connectivity index (χ3v) is 4.47. The maximum absolute atomic E-state index is 13.2. The molecule has 0 bridgehead atoms. The lowest BCUT2D eigenvalue weighted by Gasteiger charge is -2.15. The van der Waals surface area contributed by atoms with Gasteiger partial charge in [0.2, 0.25) is 0 Å². The lowest BCUT2D eigenvalue weighted by atomic mass is 10.2. The van der Waals surface area contributed by atoms with Crippen molar-refractivity contribution in [3.8, 4) is 0 Å². The quantitative estimate of drug-likeness (QED) is 0.906. The summed E-state index contributed by atoms with van der Waals surface area (Å²) in [6, 6.07) is 4.78. The van der Waals surface area contributed by atoms with E-state index in [1.54, 1.807) is 18.0 Å². The zero-order chi connectivity index (χ0) is 12.9. The van der Waals surface area contributed by atoms with Gasteiger partial charge >= 0.3 is 0 Å². The van der Waals surface area contributed by atoms with Gasteiger partial charge in [0.25, 0.3) is 5.91 Å². The summed E-state index contributed by atoms with van der Waals surface area (Å²) in [6.07, 6.45) is 2.11. The summed E-state index contributed by atoms with van der Waals surface area (Å²) in [6.45, 7) is 0. The molecule has 1 aromatic heterocycles. The second-order valence-electron chi connectivity index (χ2n) is 4.63. The van der Waals surface area contributed by atoms with Gasteiger partial charge in [0.1, 0.15) is 10.7 Å². The van der Waals surface area contributed by atoms with Crippen LogP contribution in [-0.2, 0) is 0 Å². The molecule has 18 heavy (non-hydrogen) atoms. The van der Waals surface area contributed by atoms with Crippen molar-refractivity contribution < 1.29 is 9.18 Å². The largest absolute Gasteiger partial charge is 0.397 e. The van der Waals surface area contributed by atoms with E-state index >= 15 is 0 Å². The van der Waals surface area contributed by atoms with E-state index in [0.29, 0.717) is 22.0 Å². The Balaban J connectivity index is 2.06. The Morgan fingerprint density at radius 3 is 2.89 bits per heavy atom. The van der Waals surface area contributed by atoms with E-state index in [0.717, 1.165) is 17.5 Å². The van der Waals surface area contributed by atoms with Gasteiger partial charge in [-0.15, -0.1) is 11.3 Å². The van der Waals surface area contributed by atoms with Crippen LogP contribution in [-0.4, -0.2) is 23.9 Å². The molecule has 0 saturated heterocycles. The van der Waals surface area contributed by atoms with Gasteiger partial charge in [0.15, 0.2) is 0 Å². The summed E-state index contributed by atoms with van der Waals surface area (Å²) in [4.78, 5) is 14.5. The molecule has 1 aliphatic carbocycles. The average Bonchev–Trinajstić information content (AvgIpc) is 3.15. The summed E-state index contributed by atoms with van der Waals surface area (Å²) in [5.74, 6) is -0.391. The number of nitrogen functional groups attached to an aromatic ring is 1. The number of fused-ring (bicyclic) bond motifs is 1. The average molecular weight is 264 g/mol. The molecule has 0 radical (unpaired) electrons. The van der Waals surface area contributed by atoms with Crippen LogP contribution in [0.3, 0.4) is 0 Å². The molecule has 1 saturated carbocycles. The van der Waals surface area contributed by atoms with Crippen molar-refractivity contribution in [2.45, 2.75) is 18.9 Å². The number of carbonyl (C=O) groups excluding carboxylic acids is 1. The highest BCUT2D eigenvalue weighted by Gasteiger charge is 2.31. The third kappa shape index (κ3) is 1.75. The Bertz CT molecular complexity index is 633. The molecule has 1 aromatic carbocycles. The molecule has 3 rings (SSSR count). The molecule has 1 fully saturated rings. The number of carbonyl (C=O) groups is 1. The number of halogens is 1. The van der Waals surface area contributed by atoms with Gasteiger partial charge in [0, 0.05) is 23.2 Å². The molecule has 94 valence electrons. The molecular formula is C13H13FN2OS. The first-order valence-electron chi connectivity index (χ1n) is 5.82. The SMILES string of the molecule is CN(C(=O)c1sc2ccc(F)cc2c1N)C1CC1. The second kappa shape index (κ2) is 3.95. The predicted molar refractivity (Wildman–Crippen MR) is 71.3 cm³/mol. The fourth-order valence-corrected chi connectivity index (χ4v) is 3.12. The van der Waals surface area contributed by atoms with Crippen molar-refractivity contribution in [1.29, 1.82) is 0 Å². The lowest BCUT2D eigenvalue weighted by Crippen LogP contribution is -2.28. The molecule has 0 aliphatic heterocycles. The number of nitrogens with zero attached hydrogens (tertiary/aromatic N) is 1. The molecule has 1 amide bonds. The van der Waals surface area contributed by atoms with E-state index in [-0.39, 0.29) is 11.7 Å². The number of hydrogen-bond acceptors (Lipinski definition) is 3. The van der Waals surface area contributed by atoms with Crippen LogP contribution in [0.1, 0.15) is 22.5 Å². The van der Waals surface area contributed by atoms with Crippen molar-refractivity contribution in [2.24, 2.45) is 0 Å². The first-order valence-corrected chi connectivity index (χ1v) is 6.64. The molecule has 0 atom stereocenters. The Labute approximate surface area is 108 Å². The van der Waals surface area contributed by atoms with Crippen LogP contribution in [0, 0.1) is 5.82 Å². The Hall–Kier alpha value is -1.62. The molecule has 1 aliphatic rings. The second-order valence-corrected chi connectivity index (χ2v) is 5.68. The van der Waals surface area contributed by atoms with Crippen molar-refractivity contribution in [2.75, 3.05) is 12.8 Å². The van der Waals surface area contributed by atoms with Crippen LogP contribution in [0.15, 0.2) is 18.2 Å². The van der Waals surface area contributed by atoms with Crippen LogP contribution in [0.4, 0.5) is 10.1 Å². The third-order valence-electron chi connectivity index (χ3n) is 3.30. The molecule has 2 N–H and O–H groups in total. The fourth-order valence-electron chi connectivity index (χ4n) is 2.04. The molecule has 5 heteroatoms. The standard InChI is InChI=1S/C13H13FN2OS/c1-16(8-3-4-8)13(17)12-11(15)9-6-7(14)2-5-10(9)18-12/h2,5-6,8H,3-4,15H2,1H3. The minimum atomic E-state index is -0.332. The van der Waals surface area contributed by atoms with Crippen LogP contribution in [0.5, 0.6) is 0 Å². The topological polar surface area (TPSA) is 46.3 Å². The van der Waals surface area contributed by atoms with Crippen LogP contribution >= 0.6 is 11.3 Å². The highest BCUT2D eigenvalue weighted by atomic mass is 32.1. The van der Waals surface area contributed by atoms with Crippen molar-refractivity contribution in [1.82, 2.24) is 4.90 Å². The van der Waals surface area contributed by atoms with Gasteiger partial charge in [-0.25, -0.2) is 4.39 Å². The Kier molecular flexibility index (Phi) is 2.52. The molecule has 1 heterocycles. The molecule has 0 spiro atoms. The van der Waals surface area contributed by atoms with E-state index in [4.69, 9.17) is 5.73 Å². The summed E-state index contributed by atoms with van der Waals surface area (Å²) in [5, 5.41) is 0.632. The number of anilines is 1. The summed E-state index contributed by atoms with van der Waals surface area (Å²) in [5.41, 5.74) is 6.36. The summed E-state index contributed by atoms with van der Waals surface area (Å²) in [7, 11) is 1.80. The molecule has 2 aromatic rings. The van der Waals surface area contributed by atoms with Crippen LogP contribution in [0.25, 0.3) is 10.1 Å².